The topological polar surface area (TPSA) is 101 Å². The number of aryl methyl sites for hydroxylation is 1. The second-order valence-corrected chi connectivity index (χ2v) is 7.38. The van der Waals surface area contributed by atoms with Gasteiger partial charge in [0.15, 0.2) is 0 Å². The first-order valence-corrected chi connectivity index (χ1v) is 8.70. The maximum Gasteiger partial charge on any atom is 0.307 e. The van der Waals surface area contributed by atoms with Gasteiger partial charge in [0.2, 0.25) is 0 Å². The van der Waals surface area contributed by atoms with Gasteiger partial charge in [-0.2, -0.15) is 5.10 Å². The molecule has 1 aliphatic carbocycles. The summed E-state index contributed by atoms with van der Waals surface area (Å²) in [6.07, 6.45) is 3.57. The van der Waals surface area contributed by atoms with Gasteiger partial charge in [-0.05, 0) is 30.5 Å². The second-order valence-electron chi connectivity index (χ2n) is 5.70. The standard InChI is InChI=1S/C15H17N3O4S/c1-18-9-13(15(16-18)11-4-5-11)17-23(21,22)12-6-2-10(3-7-12)8-14(19)20/h2-3,6-7,9,11,17H,4-5,8H2,1H3,(H,19,20). The van der Waals surface area contributed by atoms with E-state index in [0.717, 1.165) is 18.5 Å². The highest BCUT2D eigenvalue weighted by Crippen LogP contribution is 2.42. The first-order chi connectivity index (χ1) is 10.8. The molecule has 0 atom stereocenters. The van der Waals surface area contributed by atoms with E-state index >= 15 is 0 Å². The molecular formula is C15H17N3O4S. The van der Waals surface area contributed by atoms with Crippen molar-refractivity contribution in [1.82, 2.24) is 9.78 Å². The number of carbonyl (C=O) groups is 1. The van der Waals surface area contributed by atoms with Gasteiger partial charge in [-0.15, -0.1) is 0 Å². The van der Waals surface area contributed by atoms with Gasteiger partial charge < -0.3 is 5.11 Å². The molecule has 0 bridgehead atoms. The molecule has 1 aromatic heterocycles. The van der Waals surface area contributed by atoms with Crippen LogP contribution in [0.25, 0.3) is 0 Å². The number of nitrogens with zero attached hydrogens (tertiary/aromatic N) is 2. The van der Waals surface area contributed by atoms with Crippen LogP contribution in [0.2, 0.25) is 0 Å². The SMILES string of the molecule is Cn1cc(NS(=O)(=O)c2ccc(CC(=O)O)cc2)c(C2CC2)n1. The van der Waals surface area contributed by atoms with Crippen LogP contribution < -0.4 is 4.72 Å². The summed E-state index contributed by atoms with van der Waals surface area (Å²) >= 11 is 0. The van der Waals surface area contributed by atoms with Crippen LogP contribution in [0.5, 0.6) is 0 Å². The van der Waals surface area contributed by atoms with Gasteiger partial charge in [0.25, 0.3) is 10.0 Å². The van der Waals surface area contributed by atoms with Gasteiger partial charge in [-0.3, -0.25) is 14.2 Å². The molecule has 0 aliphatic heterocycles. The number of hydrogen-bond donors (Lipinski definition) is 2. The zero-order chi connectivity index (χ0) is 16.6. The van der Waals surface area contributed by atoms with Crippen LogP contribution in [0.4, 0.5) is 5.69 Å². The average molecular weight is 335 g/mol. The molecule has 8 heteroatoms. The summed E-state index contributed by atoms with van der Waals surface area (Å²) in [5, 5.41) is 13.1. The number of nitrogens with one attached hydrogen (secondary N) is 1. The Morgan fingerprint density at radius 3 is 2.57 bits per heavy atom. The number of carboxylic acids is 1. The average Bonchev–Trinajstić information content (AvgIpc) is 3.23. The van der Waals surface area contributed by atoms with E-state index in [9.17, 15) is 13.2 Å². The highest BCUT2D eigenvalue weighted by Gasteiger charge is 2.30. The van der Waals surface area contributed by atoms with Crippen molar-refractivity contribution in [2.24, 2.45) is 7.05 Å². The van der Waals surface area contributed by atoms with Crippen molar-refractivity contribution in [3.05, 3.63) is 41.7 Å². The number of sulfonamides is 1. The van der Waals surface area contributed by atoms with E-state index in [-0.39, 0.29) is 11.3 Å². The van der Waals surface area contributed by atoms with Gasteiger partial charge in [0.1, 0.15) is 0 Å². The van der Waals surface area contributed by atoms with Crippen molar-refractivity contribution in [2.75, 3.05) is 4.72 Å². The van der Waals surface area contributed by atoms with Crippen molar-refractivity contribution in [1.29, 1.82) is 0 Å². The molecule has 2 N–H and O–H groups in total. The molecule has 0 radical (unpaired) electrons. The number of carboxylic acid groups (broad SMARTS) is 1. The van der Waals surface area contributed by atoms with Crippen LogP contribution in [0.1, 0.15) is 30.0 Å². The molecule has 0 saturated heterocycles. The lowest BCUT2D eigenvalue weighted by molar-refractivity contribution is -0.136. The molecule has 2 aromatic rings. The molecule has 1 heterocycles. The number of benzene rings is 1. The maximum absolute atomic E-state index is 12.5. The molecule has 1 saturated carbocycles. The van der Waals surface area contributed by atoms with Crippen molar-refractivity contribution in [2.45, 2.75) is 30.1 Å². The number of rotatable bonds is 6. The normalized spacial score (nSPS) is 14.7. The Morgan fingerprint density at radius 2 is 2.00 bits per heavy atom. The fourth-order valence-corrected chi connectivity index (χ4v) is 3.47. The van der Waals surface area contributed by atoms with Crippen LogP contribution in [0.3, 0.4) is 0 Å². The van der Waals surface area contributed by atoms with Crippen molar-refractivity contribution < 1.29 is 18.3 Å². The first-order valence-electron chi connectivity index (χ1n) is 7.22. The molecule has 0 spiro atoms. The van der Waals surface area contributed by atoms with Crippen LogP contribution in [0.15, 0.2) is 35.4 Å². The molecule has 0 amide bonds. The summed E-state index contributed by atoms with van der Waals surface area (Å²) in [7, 11) is -1.97. The summed E-state index contributed by atoms with van der Waals surface area (Å²) in [5.74, 6) is -0.630. The molecule has 1 aromatic carbocycles. The Bertz CT molecular complexity index is 836. The van der Waals surface area contributed by atoms with Crippen LogP contribution in [-0.2, 0) is 28.3 Å². The summed E-state index contributed by atoms with van der Waals surface area (Å²) < 4.78 is 29.1. The second kappa shape index (κ2) is 5.69. The van der Waals surface area contributed by atoms with E-state index in [4.69, 9.17) is 5.11 Å². The minimum atomic E-state index is -3.72. The highest BCUT2D eigenvalue weighted by atomic mass is 32.2. The molecule has 122 valence electrons. The van der Waals surface area contributed by atoms with Gasteiger partial charge >= 0.3 is 5.97 Å². The van der Waals surface area contributed by atoms with Crippen molar-refractivity contribution >= 4 is 21.7 Å². The van der Waals surface area contributed by atoms with Gasteiger partial charge in [0.05, 0.1) is 22.7 Å². The third-order valence-corrected chi connectivity index (χ3v) is 5.04. The van der Waals surface area contributed by atoms with Crippen LogP contribution in [0, 0.1) is 0 Å². The number of hydrogen-bond acceptors (Lipinski definition) is 4. The van der Waals surface area contributed by atoms with Gasteiger partial charge in [-0.25, -0.2) is 8.42 Å². The Hall–Kier alpha value is -2.35. The van der Waals surface area contributed by atoms with E-state index < -0.39 is 16.0 Å². The minimum absolute atomic E-state index is 0.0947. The lowest BCUT2D eigenvalue weighted by atomic mass is 10.2. The van der Waals surface area contributed by atoms with E-state index in [1.54, 1.807) is 17.9 Å². The predicted octanol–water partition coefficient (Wildman–Crippen LogP) is 1.73. The van der Waals surface area contributed by atoms with E-state index in [1.807, 2.05) is 0 Å². The maximum atomic E-state index is 12.5. The summed E-state index contributed by atoms with van der Waals surface area (Å²) in [6.45, 7) is 0. The largest absolute Gasteiger partial charge is 0.481 e. The summed E-state index contributed by atoms with van der Waals surface area (Å²) in [4.78, 5) is 10.8. The number of aliphatic carboxylic acids is 1. The zero-order valence-corrected chi connectivity index (χ0v) is 13.4. The third kappa shape index (κ3) is 3.53. The Labute approximate surface area is 134 Å². The van der Waals surface area contributed by atoms with Crippen molar-refractivity contribution in [3.8, 4) is 0 Å². The molecule has 1 aliphatic rings. The van der Waals surface area contributed by atoms with Gasteiger partial charge in [0, 0.05) is 19.2 Å². The molecule has 1 fully saturated rings. The van der Waals surface area contributed by atoms with Crippen molar-refractivity contribution in [3.63, 3.8) is 0 Å². The fourth-order valence-electron chi connectivity index (χ4n) is 2.41. The fraction of sp³-hybridized carbons (Fsp3) is 0.333. The molecular weight excluding hydrogens is 318 g/mol. The lowest BCUT2D eigenvalue weighted by Crippen LogP contribution is -2.13. The minimum Gasteiger partial charge on any atom is -0.481 e. The quantitative estimate of drug-likeness (QED) is 0.837. The summed E-state index contributed by atoms with van der Waals surface area (Å²) in [5.41, 5.74) is 1.83. The Kier molecular flexibility index (Phi) is 3.85. The Morgan fingerprint density at radius 1 is 1.35 bits per heavy atom. The molecule has 3 rings (SSSR count). The number of aromatic nitrogens is 2. The number of anilines is 1. The molecule has 23 heavy (non-hydrogen) atoms. The summed E-state index contributed by atoms with van der Waals surface area (Å²) in [6, 6.07) is 5.84. The van der Waals surface area contributed by atoms with Crippen LogP contribution in [-0.4, -0.2) is 29.3 Å². The van der Waals surface area contributed by atoms with E-state index in [2.05, 4.69) is 9.82 Å². The smallest absolute Gasteiger partial charge is 0.307 e. The lowest BCUT2D eigenvalue weighted by Gasteiger charge is -2.08. The molecule has 7 nitrogen and oxygen atoms in total. The molecule has 0 unspecified atom stereocenters. The van der Waals surface area contributed by atoms with Gasteiger partial charge in [-0.1, -0.05) is 12.1 Å². The monoisotopic (exact) mass is 335 g/mol. The Balaban J connectivity index is 1.83. The van der Waals surface area contributed by atoms with E-state index in [1.165, 1.54) is 24.3 Å². The van der Waals surface area contributed by atoms with E-state index in [0.29, 0.717) is 17.2 Å². The zero-order valence-electron chi connectivity index (χ0n) is 12.6. The third-order valence-electron chi connectivity index (χ3n) is 3.65. The predicted molar refractivity (Wildman–Crippen MR) is 83.8 cm³/mol. The first kappa shape index (κ1) is 15.5. The van der Waals surface area contributed by atoms with Crippen LogP contribution >= 0.6 is 0 Å². The highest BCUT2D eigenvalue weighted by molar-refractivity contribution is 7.92.